The first-order valence-corrected chi connectivity index (χ1v) is 12.5. The number of carbonyl (C=O) groups excluding carboxylic acids is 1. The Labute approximate surface area is 189 Å². The van der Waals surface area contributed by atoms with Crippen molar-refractivity contribution >= 4 is 6.09 Å². The summed E-state index contributed by atoms with van der Waals surface area (Å²) in [5.41, 5.74) is 8.33. The molecule has 0 bridgehead atoms. The Balaban J connectivity index is 3.34. The van der Waals surface area contributed by atoms with Gasteiger partial charge in [0.05, 0.1) is 12.7 Å². The summed E-state index contributed by atoms with van der Waals surface area (Å²) in [5, 5.41) is 14.9. The number of unbranched alkanes of at least 4 members (excludes halogenated alkanes) is 15. The van der Waals surface area contributed by atoms with Crippen LogP contribution in [0.3, 0.4) is 0 Å². The molecule has 0 saturated carbocycles. The number of azide groups is 1. The molecule has 0 spiro atoms. The van der Waals surface area contributed by atoms with Gasteiger partial charge in [-0.15, -0.1) is 0 Å². The molecule has 7 heteroatoms. The van der Waals surface area contributed by atoms with Crippen molar-refractivity contribution in [3.8, 4) is 6.07 Å². The number of carbonyl (C=O) groups is 1. The van der Waals surface area contributed by atoms with Crippen molar-refractivity contribution in [1.82, 2.24) is 5.32 Å². The molecule has 0 aliphatic heterocycles. The highest BCUT2D eigenvalue weighted by molar-refractivity contribution is 5.67. The third-order valence-electron chi connectivity index (χ3n) is 5.53. The van der Waals surface area contributed by atoms with Gasteiger partial charge in [0.1, 0.15) is 0 Å². The number of alkyl carbamates (subject to hydrolysis) is 1. The minimum atomic E-state index is -0.468. The lowest BCUT2D eigenvalue weighted by atomic mass is 10.0. The standard InChI is InChI=1S/C24H45N5O2/c1-2-3-4-5-6-7-8-9-10-11-12-13-14-15-16-17-20-27-24(30)31-22-23(18-19-25)21-28-29-26/h23H,2-18,20-22H2,1H3,(H,27,30). The Kier molecular flexibility index (Phi) is 22.8. The lowest BCUT2D eigenvalue weighted by Gasteiger charge is -2.12. The summed E-state index contributed by atoms with van der Waals surface area (Å²) in [7, 11) is 0. The van der Waals surface area contributed by atoms with E-state index < -0.39 is 6.09 Å². The Morgan fingerprint density at radius 1 is 0.935 bits per heavy atom. The van der Waals surface area contributed by atoms with E-state index in [1.807, 2.05) is 6.07 Å². The normalized spacial score (nSPS) is 11.4. The second-order valence-electron chi connectivity index (χ2n) is 8.47. The topological polar surface area (TPSA) is 111 Å². The van der Waals surface area contributed by atoms with Crippen molar-refractivity contribution < 1.29 is 9.53 Å². The number of hydrogen-bond acceptors (Lipinski definition) is 4. The monoisotopic (exact) mass is 435 g/mol. The molecule has 0 rings (SSSR count). The highest BCUT2D eigenvalue weighted by Gasteiger charge is 2.10. The average Bonchev–Trinajstić information content (AvgIpc) is 2.77. The summed E-state index contributed by atoms with van der Waals surface area (Å²) in [4.78, 5) is 14.3. The zero-order valence-corrected chi connectivity index (χ0v) is 19.8. The molecule has 1 N–H and O–H groups in total. The minimum Gasteiger partial charge on any atom is -0.449 e. The van der Waals surface area contributed by atoms with E-state index in [1.165, 1.54) is 89.9 Å². The van der Waals surface area contributed by atoms with E-state index in [2.05, 4.69) is 22.3 Å². The average molecular weight is 436 g/mol. The van der Waals surface area contributed by atoms with E-state index in [-0.39, 0.29) is 25.5 Å². The molecule has 0 radical (unpaired) electrons. The maximum atomic E-state index is 11.7. The quantitative estimate of drug-likeness (QED) is 0.0809. The molecule has 178 valence electrons. The number of hydrogen-bond donors (Lipinski definition) is 1. The van der Waals surface area contributed by atoms with E-state index in [0.717, 1.165) is 12.8 Å². The van der Waals surface area contributed by atoms with Crippen LogP contribution in [-0.4, -0.2) is 25.8 Å². The molecule has 0 aliphatic carbocycles. The van der Waals surface area contributed by atoms with Crippen LogP contribution in [0.15, 0.2) is 5.11 Å². The predicted molar refractivity (Wildman–Crippen MR) is 127 cm³/mol. The first-order chi connectivity index (χ1) is 15.2. The number of ether oxygens (including phenoxy) is 1. The second kappa shape index (κ2) is 24.3. The summed E-state index contributed by atoms with van der Waals surface area (Å²) < 4.78 is 5.10. The molecule has 1 atom stereocenters. The molecule has 0 aromatic carbocycles. The van der Waals surface area contributed by atoms with Crippen molar-refractivity contribution in [2.24, 2.45) is 11.0 Å². The molecular weight excluding hydrogens is 390 g/mol. The smallest absolute Gasteiger partial charge is 0.407 e. The van der Waals surface area contributed by atoms with Gasteiger partial charge < -0.3 is 10.1 Å². The molecule has 0 aromatic heterocycles. The van der Waals surface area contributed by atoms with Crippen LogP contribution in [0.2, 0.25) is 0 Å². The number of nitrogens with zero attached hydrogens (tertiary/aromatic N) is 4. The van der Waals surface area contributed by atoms with Crippen molar-refractivity contribution in [3.63, 3.8) is 0 Å². The van der Waals surface area contributed by atoms with E-state index in [9.17, 15) is 4.79 Å². The van der Waals surface area contributed by atoms with Gasteiger partial charge in [0.2, 0.25) is 0 Å². The Morgan fingerprint density at radius 3 is 1.87 bits per heavy atom. The maximum absolute atomic E-state index is 11.7. The van der Waals surface area contributed by atoms with Crippen LogP contribution in [0.25, 0.3) is 10.4 Å². The van der Waals surface area contributed by atoms with Crippen molar-refractivity contribution in [3.05, 3.63) is 10.4 Å². The van der Waals surface area contributed by atoms with Crippen molar-refractivity contribution in [2.45, 2.75) is 116 Å². The first-order valence-electron chi connectivity index (χ1n) is 12.5. The van der Waals surface area contributed by atoms with Crippen LogP contribution in [0, 0.1) is 17.2 Å². The summed E-state index contributed by atoms with van der Waals surface area (Å²) in [6.45, 7) is 3.13. The molecule has 0 aromatic rings. The summed E-state index contributed by atoms with van der Waals surface area (Å²) in [5.74, 6) is -0.248. The molecule has 1 amide bonds. The number of nitrogens with one attached hydrogen (secondary N) is 1. The third-order valence-corrected chi connectivity index (χ3v) is 5.53. The van der Waals surface area contributed by atoms with Crippen molar-refractivity contribution in [2.75, 3.05) is 19.7 Å². The summed E-state index contributed by atoms with van der Waals surface area (Å²) >= 11 is 0. The Morgan fingerprint density at radius 2 is 1.42 bits per heavy atom. The highest BCUT2D eigenvalue weighted by atomic mass is 16.5. The number of amides is 1. The van der Waals surface area contributed by atoms with Crippen LogP contribution in [0.4, 0.5) is 4.79 Å². The molecule has 31 heavy (non-hydrogen) atoms. The fourth-order valence-corrected chi connectivity index (χ4v) is 3.57. The zero-order chi connectivity index (χ0) is 22.8. The van der Waals surface area contributed by atoms with Gasteiger partial charge in [-0.3, -0.25) is 0 Å². The maximum Gasteiger partial charge on any atom is 0.407 e. The fourth-order valence-electron chi connectivity index (χ4n) is 3.57. The second-order valence-corrected chi connectivity index (χ2v) is 8.47. The first kappa shape index (κ1) is 29.1. The van der Waals surface area contributed by atoms with E-state index in [1.54, 1.807) is 0 Å². The van der Waals surface area contributed by atoms with E-state index in [4.69, 9.17) is 15.5 Å². The fraction of sp³-hybridized carbons (Fsp3) is 0.917. The molecule has 0 fully saturated rings. The zero-order valence-electron chi connectivity index (χ0n) is 19.8. The Bertz CT molecular complexity index is 501. The third kappa shape index (κ3) is 22.6. The van der Waals surface area contributed by atoms with E-state index >= 15 is 0 Å². The van der Waals surface area contributed by atoms with E-state index in [0.29, 0.717) is 6.54 Å². The lowest BCUT2D eigenvalue weighted by Crippen LogP contribution is -2.27. The predicted octanol–water partition coefficient (Wildman–Crippen LogP) is 7.81. The van der Waals surface area contributed by atoms with Gasteiger partial charge in [0.15, 0.2) is 0 Å². The van der Waals surface area contributed by atoms with Gasteiger partial charge in [0.25, 0.3) is 0 Å². The van der Waals surface area contributed by atoms with Gasteiger partial charge in [-0.1, -0.05) is 108 Å². The lowest BCUT2D eigenvalue weighted by molar-refractivity contribution is 0.128. The van der Waals surface area contributed by atoms with Gasteiger partial charge in [0, 0.05) is 30.3 Å². The van der Waals surface area contributed by atoms with Crippen LogP contribution < -0.4 is 5.32 Å². The molecule has 0 heterocycles. The summed E-state index contributed by atoms with van der Waals surface area (Å²) in [6, 6.07) is 2.01. The van der Waals surface area contributed by atoms with Gasteiger partial charge in [-0.2, -0.15) is 5.26 Å². The SMILES string of the molecule is CCCCCCCCCCCCCCCCCCNC(=O)OCC(CC#N)CN=[N+]=[N-]. The number of nitriles is 1. The molecule has 0 aliphatic rings. The molecule has 0 saturated heterocycles. The van der Waals surface area contributed by atoms with Crippen LogP contribution in [0.1, 0.15) is 116 Å². The Hall–Kier alpha value is -1.93. The highest BCUT2D eigenvalue weighted by Crippen LogP contribution is 2.13. The van der Waals surface area contributed by atoms with Gasteiger partial charge >= 0.3 is 6.09 Å². The van der Waals surface area contributed by atoms with Crippen molar-refractivity contribution in [1.29, 1.82) is 5.26 Å². The minimum absolute atomic E-state index is 0.0946. The van der Waals surface area contributed by atoms with Crippen LogP contribution in [0.5, 0.6) is 0 Å². The van der Waals surface area contributed by atoms with Crippen LogP contribution >= 0.6 is 0 Å². The van der Waals surface area contributed by atoms with Crippen LogP contribution in [-0.2, 0) is 4.74 Å². The molecule has 7 nitrogen and oxygen atoms in total. The summed E-state index contributed by atoms with van der Waals surface area (Å²) in [6.07, 6.45) is 20.9. The largest absolute Gasteiger partial charge is 0.449 e. The molecular formula is C24H45N5O2. The number of rotatable bonds is 22. The van der Waals surface area contributed by atoms with Gasteiger partial charge in [-0.05, 0) is 12.0 Å². The van der Waals surface area contributed by atoms with Gasteiger partial charge in [-0.25, -0.2) is 4.79 Å². The molecule has 1 unspecified atom stereocenters.